The number of hydrogen-bond donors (Lipinski definition) is 0. The smallest absolute Gasteiger partial charge is 0.400 e. The van der Waals surface area contributed by atoms with Crippen molar-refractivity contribution in [1.29, 1.82) is 0 Å². The first-order valence-electron chi connectivity index (χ1n) is 16.9. The molecular weight excluding hydrogens is 662 g/mol. The molecule has 0 aliphatic carbocycles. The van der Waals surface area contributed by atoms with E-state index in [1.54, 1.807) is 54.7 Å². The number of aromatic nitrogens is 2. The Bertz CT molecular complexity index is 1990. The summed E-state index contributed by atoms with van der Waals surface area (Å²) in [4.78, 5) is 1.95. The number of rotatable bonds is 15. The molecule has 9 heteroatoms. The Morgan fingerprint density at radius 2 is 1.29 bits per heavy atom. The van der Waals surface area contributed by atoms with Crippen molar-refractivity contribution in [2.24, 2.45) is 5.92 Å². The molecule has 0 spiro atoms. The number of benzene rings is 4. The van der Waals surface area contributed by atoms with Gasteiger partial charge in [-0.25, -0.2) is 4.39 Å². The zero-order valence-electron chi connectivity index (χ0n) is 27.8. The van der Waals surface area contributed by atoms with E-state index in [2.05, 4.69) is 15.7 Å². The molecule has 4 aromatic carbocycles. The molecule has 0 saturated heterocycles. The lowest BCUT2D eigenvalue weighted by Gasteiger charge is -2.26. The van der Waals surface area contributed by atoms with Gasteiger partial charge in [0.1, 0.15) is 28.3 Å². The maximum atomic E-state index is 15.7. The molecule has 2 heterocycles. The highest BCUT2D eigenvalue weighted by Gasteiger charge is 2.40. The molecule has 2 aromatic heterocycles. The molecule has 1 atom stereocenters. The van der Waals surface area contributed by atoms with E-state index in [9.17, 15) is 8.78 Å². The molecule has 6 aromatic rings. The third kappa shape index (κ3) is 7.84. The van der Waals surface area contributed by atoms with Gasteiger partial charge in [-0.3, -0.25) is 0 Å². The van der Waals surface area contributed by atoms with Crippen LogP contribution in [-0.2, 0) is 0 Å². The van der Waals surface area contributed by atoms with Crippen molar-refractivity contribution in [2.75, 3.05) is 6.61 Å². The molecule has 0 N–H and O–H groups in total. The summed E-state index contributed by atoms with van der Waals surface area (Å²) in [6.45, 7) is 6.58. The fourth-order valence-corrected chi connectivity index (χ4v) is 7.51. The number of thiophene rings is 1. The number of alkyl halides is 2. The highest BCUT2D eigenvalue weighted by Crippen LogP contribution is 2.41. The van der Waals surface area contributed by atoms with Crippen LogP contribution in [0.1, 0.15) is 59.3 Å². The van der Waals surface area contributed by atoms with Crippen LogP contribution in [0.3, 0.4) is 0 Å². The fraction of sp³-hybridized carbons (Fsp3) is 0.300. The summed E-state index contributed by atoms with van der Waals surface area (Å²) in [6, 6.07) is 27.7. The quantitative estimate of drug-likeness (QED) is 0.100. The molecule has 4 nitrogen and oxygen atoms in total. The summed E-state index contributed by atoms with van der Waals surface area (Å²) < 4.78 is 65.5. The Labute approximate surface area is 293 Å². The second-order valence-electron chi connectivity index (χ2n) is 12.1. The zero-order valence-corrected chi connectivity index (χ0v) is 29.5. The van der Waals surface area contributed by atoms with Crippen molar-refractivity contribution >= 4 is 34.1 Å². The molecule has 1 unspecified atom stereocenters. The van der Waals surface area contributed by atoms with Crippen molar-refractivity contribution < 1.29 is 22.6 Å². The van der Waals surface area contributed by atoms with E-state index < -0.39 is 12.0 Å². The summed E-state index contributed by atoms with van der Waals surface area (Å²) in [5, 5.41) is 0. The summed E-state index contributed by atoms with van der Waals surface area (Å²) in [5.41, 5.74) is 5.98. The van der Waals surface area contributed by atoms with Crippen LogP contribution >= 0.6 is 23.1 Å². The largest absolute Gasteiger partial charge is 0.494 e. The highest BCUT2D eigenvalue weighted by molar-refractivity contribution is 7.19. The maximum absolute atomic E-state index is 15.7. The topological polar surface area (TPSA) is 44.2 Å². The average molecular weight is 701 g/mol. The second-order valence-corrected chi connectivity index (χ2v) is 13.8. The minimum Gasteiger partial charge on any atom is -0.494 e. The Kier molecular flexibility index (Phi) is 11.0. The zero-order chi connectivity index (χ0) is 34.4. The SMILES string of the molecule is CCCCOc1ccc(-c2ccc(-c3ccc(-c4ccc(-c5ccc(OC(F)(F)C(CC)CCCC)cc5)s4)c4nsnc34)c(F)c2)cc1. The van der Waals surface area contributed by atoms with Gasteiger partial charge in [0.2, 0.25) is 0 Å². The van der Waals surface area contributed by atoms with Gasteiger partial charge in [-0.05, 0) is 90.6 Å². The number of ether oxygens (including phenoxy) is 2. The van der Waals surface area contributed by atoms with Gasteiger partial charge in [0.15, 0.2) is 0 Å². The monoisotopic (exact) mass is 700 g/mol. The summed E-state index contributed by atoms with van der Waals surface area (Å²) in [6.07, 6.45) is 1.27. The number of hydrogen-bond acceptors (Lipinski definition) is 6. The number of nitrogens with zero attached hydrogens (tertiary/aromatic N) is 2. The number of fused-ring (bicyclic) bond motifs is 1. The summed E-state index contributed by atoms with van der Waals surface area (Å²) >= 11 is 2.67. The first-order valence-corrected chi connectivity index (χ1v) is 18.4. The van der Waals surface area contributed by atoms with E-state index in [4.69, 9.17) is 9.47 Å². The molecule has 0 fully saturated rings. The van der Waals surface area contributed by atoms with Gasteiger partial charge in [-0.2, -0.15) is 17.5 Å². The average Bonchev–Trinajstić information content (AvgIpc) is 3.80. The summed E-state index contributed by atoms with van der Waals surface area (Å²) in [7, 11) is 0. The third-order valence-electron chi connectivity index (χ3n) is 8.77. The lowest BCUT2D eigenvalue weighted by atomic mass is 9.97. The standard InChI is InChI=1S/C40H39F3N2O2S2/c1-4-7-9-29(6-3)40(42,43)47-31-17-12-27(13-18-31)36-22-23-37(48-36)34-21-20-33(38-39(34)45-49-44-38)32-19-14-28(25-35(32)41)26-10-15-30(16-11-26)46-24-8-5-2/h10-23,25,29H,4-9,24H2,1-3H3. The van der Waals surface area contributed by atoms with Gasteiger partial charge in [-0.1, -0.05) is 76.4 Å². The molecule has 0 bridgehead atoms. The van der Waals surface area contributed by atoms with Crippen molar-refractivity contribution in [2.45, 2.75) is 65.4 Å². The Hall–Kier alpha value is -4.21. The maximum Gasteiger partial charge on any atom is 0.400 e. The number of unbranched alkanes of at least 4 members (excludes halogenated alkanes) is 2. The van der Waals surface area contributed by atoms with Crippen LogP contribution in [0.25, 0.3) is 54.2 Å². The predicted molar refractivity (Wildman–Crippen MR) is 196 cm³/mol. The van der Waals surface area contributed by atoms with Crippen LogP contribution < -0.4 is 9.47 Å². The minimum atomic E-state index is -3.22. The van der Waals surface area contributed by atoms with Gasteiger partial charge in [0.25, 0.3) is 0 Å². The third-order valence-corrected chi connectivity index (χ3v) is 10.5. The van der Waals surface area contributed by atoms with Gasteiger partial charge in [0, 0.05) is 26.4 Å². The normalized spacial score (nSPS) is 12.4. The molecular formula is C40H39F3N2O2S2. The highest BCUT2D eigenvalue weighted by atomic mass is 32.1. The van der Waals surface area contributed by atoms with E-state index in [1.165, 1.54) is 0 Å². The first-order chi connectivity index (χ1) is 23.8. The fourth-order valence-electron chi connectivity index (χ4n) is 5.90. The molecule has 49 heavy (non-hydrogen) atoms. The van der Waals surface area contributed by atoms with E-state index in [1.807, 2.05) is 61.5 Å². The van der Waals surface area contributed by atoms with E-state index in [0.717, 1.165) is 75.2 Å². The van der Waals surface area contributed by atoms with Crippen LogP contribution in [0.5, 0.6) is 11.5 Å². The van der Waals surface area contributed by atoms with Crippen molar-refractivity contribution in [3.05, 3.63) is 96.8 Å². The molecule has 0 saturated carbocycles. The van der Waals surface area contributed by atoms with Crippen molar-refractivity contribution in [3.63, 3.8) is 0 Å². The first kappa shape index (κ1) is 34.6. The molecule has 0 aliphatic rings. The van der Waals surface area contributed by atoms with Crippen LogP contribution in [0, 0.1) is 11.7 Å². The minimum absolute atomic E-state index is 0.150. The van der Waals surface area contributed by atoms with Gasteiger partial charge in [-0.15, -0.1) is 11.3 Å². The van der Waals surface area contributed by atoms with Crippen LogP contribution in [-0.4, -0.2) is 21.5 Å². The Balaban J connectivity index is 1.19. The molecule has 0 aliphatic heterocycles. The van der Waals surface area contributed by atoms with Crippen LogP contribution in [0.15, 0.2) is 91.0 Å². The molecule has 6 rings (SSSR count). The Morgan fingerprint density at radius 3 is 1.98 bits per heavy atom. The number of halogens is 3. The molecule has 0 radical (unpaired) electrons. The van der Waals surface area contributed by atoms with E-state index in [0.29, 0.717) is 41.6 Å². The van der Waals surface area contributed by atoms with Gasteiger partial charge in [0.05, 0.1) is 24.3 Å². The van der Waals surface area contributed by atoms with Gasteiger partial charge < -0.3 is 9.47 Å². The molecule has 254 valence electrons. The van der Waals surface area contributed by atoms with Crippen molar-refractivity contribution in [1.82, 2.24) is 8.75 Å². The second kappa shape index (κ2) is 15.6. The summed E-state index contributed by atoms with van der Waals surface area (Å²) in [5.74, 6) is -0.196. The van der Waals surface area contributed by atoms with Crippen LogP contribution in [0.4, 0.5) is 13.2 Å². The van der Waals surface area contributed by atoms with E-state index in [-0.39, 0.29) is 11.6 Å². The van der Waals surface area contributed by atoms with E-state index >= 15 is 4.39 Å². The van der Waals surface area contributed by atoms with Gasteiger partial charge >= 0.3 is 6.11 Å². The lowest BCUT2D eigenvalue weighted by molar-refractivity contribution is -0.218. The van der Waals surface area contributed by atoms with Crippen LogP contribution in [0.2, 0.25) is 0 Å². The predicted octanol–water partition coefficient (Wildman–Crippen LogP) is 12.9. The van der Waals surface area contributed by atoms with Crippen molar-refractivity contribution in [3.8, 4) is 54.6 Å². The molecule has 0 amide bonds. The Morgan fingerprint density at radius 1 is 0.673 bits per heavy atom. The lowest BCUT2D eigenvalue weighted by Crippen LogP contribution is -2.34.